The third kappa shape index (κ3) is 3.86. The molecule has 0 bridgehead atoms. The monoisotopic (exact) mass is 374 g/mol. The standard InChI is InChI=1S/C15H23BrN2O2S/c1-10-5-4-6-14(10)18-21(19,20)15-8-12(9-17-3)7-13(16)11(15)2/h7-8,10,14,17-18H,4-6,9H2,1-3H3. The molecule has 1 aliphatic carbocycles. The minimum atomic E-state index is -3.48. The maximum Gasteiger partial charge on any atom is 0.241 e. The molecule has 0 saturated heterocycles. The van der Waals surface area contributed by atoms with Gasteiger partial charge in [0.1, 0.15) is 0 Å². The molecular weight excluding hydrogens is 352 g/mol. The van der Waals surface area contributed by atoms with Gasteiger partial charge in [0.25, 0.3) is 0 Å². The molecule has 1 aliphatic rings. The predicted molar refractivity (Wildman–Crippen MR) is 88.8 cm³/mol. The summed E-state index contributed by atoms with van der Waals surface area (Å²) in [7, 11) is -1.63. The fraction of sp³-hybridized carbons (Fsp3) is 0.600. The molecule has 4 nitrogen and oxygen atoms in total. The maximum absolute atomic E-state index is 12.7. The van der Waals surface area contributed by atoms with Crippen molar-refractivity contribution in [3.63, 3.8) is 0 Å². The van der Waals surface area contributed by atoms with Crippen molar-refractivity contribution in [1.82, 2.24) is 10.0 Å². The van der Waals surface area contributed by atoms with Crippen LogP contribution in [0.25, 0.3) is 0 Å². The van der Waals surface area contributed by atoms with Crippen molar-refractivity contribution < 1.29 is 8.42 Å². The Labute approximate surface area is 135 Å². The van der Waals surface area contributed by atoms with E-state index in [4.69, 9.17) is 0 Å². The van der Waals surface area contributed by atoms with E-state index >= 15 is 0 Å². The molecule has 0 amide bonds. The summed E-state index contributed by atoms with van der Waals surface area (Å²) in [5.41, 5.74) is 1.71. The molecule has 2 atom stereocenters. The van der Waals surface area contributed by atoms with E-state index in [-0.39, 0.29) is 6.04 Å². The van der Waals surface area contributed by atoms with Gasteiger partial charge in [-0.15, -0.1) is 0 Å². The lowest BCUT2D eigenvalue weighted by Crippen LogP contribution is -2.36. The highest BCUT2D eigenvalue weighted by Crippen LogP contribution is 2.29. The summed E-state index contributed by atoms with van der Waals surface area (Å²) in [6, 6.07) is 3.78. The van der Waals surface area contributed by atoms with Crippen LogP contribution in [-0.2, 0) is 16.6 Å². The van der Waals surface area contributed by atoms with Gasteiger partial charge >= 0.3 is 0 Å². The lowest BCUT2D eigenvalue weighted by Gasteiger charge is -2.19. The third-order valence-corrected chi connectivity index (χ3v) is 6.63. The second-order valence-corrected chi connectivity index (χ2v) is 8.40. The third-order valence-electron chi connectivity index (χ3n) is 4.19. The smallest absolute Gasteiger partial charge is 0.241 e. The molecular formula is C15H23BrN2O2S. The highest BCUT2D eigenvalue weighted by molar-refractivity contribution is 9.10. The molecule has 1 aromatic rings. The molecule has 0 spiro atoms. The second-order valence-electron chi connectivity index (χ2n) is 5.87. The molecule has 0 aromatic heterocycles. The van der Waals surface area contributed by atoms with Crippen LogP contribution in [0.2, 0.25) is 0 Å². The first-order valence-electron chi connectivity index (χ1n) is 7.31. The predicted octanol–water partition coefficient (Wildman–Crippen LogP) is 2.94. The van der Waals surface area contributed by atoms with Gasteiger partial charge in [-0.05, 0) is 56.0 Å². The molecule has 1 fully saturated rings. The minimum Gasteiger partial charge on any atom is -0.316 e. The molecule has 1 saturated carbocycles. The normalized spacial score (nSPS) is 22.7. The van der Waals surface area contributed by atoms with Gasteiger partial charge in [0.2, 0.25) is 10.0 Å². The number of sulfonamides is 1. The van der Waals surface area contributed by atoms with Crippen molar-refractivity contribution in [3.8, 4) is 0 Å². The van der Waals surface area contributed by atoms with Crippen molar-refractivity contribution in [2.45, 2.75) is 50.6 Å². The average molecular weight is 375 g/mol. The molecule has 2 unspecified atom stereocenters. The van der Waals surface area contributed by atoms with Crippen LogP contribution in [0.3, 0.4) is 0 Å². The molecule has 2 N–H and O–H groups in total. The Balaban J connectivity index is 2.34. The summed E-state index contributed by atoms with van der Waals surface area (Å²) in [6.45, 7) is 4.58. The molecule has 2 rings (SSSR count). The molecule has 0 heterocycles. The van der Waals surface area contributed by atoms with E-state index in [1.165, 1.54) is 0 Å². The van der Waals surface area contributed by atoms with Crippen molar-refractivity contribution in [2.24, 2.45) is 5.92 Å². The largest absolute Gasteiger partial charge is 0.316 e. The first kappa shape index (κ1) is 16.9. The van der Waals surface area contributed by atoms with Gasteiger partial charge in [-0.3, -0.25) is 0 Å². The Morgan fingerprint density at radius 3 is 2.62 bits per heavy atom. The van der Waals surface area contributed by atoms with Crippen molar-refractivity contribution in [2.75, 3.05) is 7.05 Å². The van der Waals surface area contributed by atoms with Crippen LogP contribution < -0.4 is 10.0 Å². The van der Waals surface area contributed by atoms with E-state index in [0.717, 1.165) is 34.9 Å². The summed E-state index contributed by atoms with van der Waals surface area (Å²) >= 11 is 3.46. The van der Waals surface area contributed by atoms with Gasteiger partial charge in [-0.25, -0.2) is 13.1 Å². The first-order valence-corrected chi connectivity index (χ1v) is 9.58. The van der Waals surface area contributed by atoms with Crippen LogP contribution in [0.5, 0.6) is 0 Å². The SMILES string of the molecule is CNCc1cc(Br)c(C)c(S(=O)(=O)NC2CCCC2C)c1. The number of rotatable bonds is 5. The summed E-state index contributed by atoms with van der Waals surface area (Å²) in [6.07, 6.45) is 3.11. The van der Waals surface area contributed by atoms with Crippen molar-refractivity contribution in [3.05, 3.63) is 27.7 Å². The molecule has 6 heteroatoms. The zero-order chi connectivity index (χ0) is 15.6. The maximum atomic E-state index is 12.7. The molecule has 0 aliphatic heterocycles. The fourth-order valence-electron chi connectivity index (χ4n) is 2.88. The Hall–Kier alpha value is -0.430. The number of hydrogen-bond acceptors (Lipinski definition) is 3. The van der Waals surface area contributed by atoms with Gasteiger partial charge in [0, 0.05) is 17.1 Å². The highest BCUT2D eigenvalue weighted by Gasteiger charge is 2.29. The lowest BCUT2D eigenvalue weighted by atomic mass is 10.1. The van der Waals surface area contributed by atoms with Gasteiger partial charge in [0.05, 0.1) is 4.90 Å². The van der Waals surface area contributed by atoms with Crippen molar-refractivity contribution >= 4 is 26.0 Å². The Bertz CT molecular complexity index is 616. The summed E-state index contributed by atoms with van der Waals surface area (Å²) < 4.78 is 29.1. The summed E-state index contributed by atoms with van der Waals surface area (Å²) in [5.74, 6) is 0.406. The molecule has 118 valence electrons. The number of halogens is 1. The fourth-order valence-corrected chi connectivity index (χ4v) is 5.21. The quantitative estimate of drug-likeness (QED) is 0.832. The van der Waals surface area contributed by atoms with Crippen molar-refractivity contribution in [1.29, 1.82) is 0 Å². The number of nitrogens with one attached hydrogen (secondary N) is 2. The Kier molecular flexibility index (Phi) is 5.46. The van der Waals surface area contributed by atoms with E-state index in [9.17, 15) is 8.42 Å². The van der Waals surface area contributed by atoms with E-state index in [1.54, 1.807) is 6.07 Å². The number of hydrogen-bond donors (Lipinski definition) is 2. The van der Waals surface area contributed by atoms with Crippen LogP contribution in [0, 0.1) is 12.8 Å². The average Bonchev–Trinajstić information content (AvgIpc) is 2.79. The van der Waals surface area contributed by atoms with Crippen LogP contribution in [0.4, 0.5) is 0 Å². The Morgan fingerprint density at radius 1 is 1.33 bits per heavy atom. The van der Waals surface area contributed by atoms with E-state index in [2.05, 4.69) is 32.9 Å². The summed E-state index contributed by atoms with van der Waals surface area (Å²) in [4.78, 5) is 0.376. The molecule has 1 aromatic carbocycles. The lowest BCUT2D eigenvalue weighted by molar-refractivity contribution is 0.476. The van der Waals surface area contributed by atoms with Gasteiger partial charge in [-0.1, -0.05) is 29.3 Å². The van der Waals surface area contributed by atoms with E-state index in [0.29, 0.717) is 17.4 Å². The van der Waals surface area contributed by atoms with Crippen LogP contribution in [0.15, 0.2) is 21.5 Å². The zero-order valence-electron chi connectivity index (χ0n) is 12.7. The summed E-state index contributed by atoms with van der Waals surface area (Å²) in [5, 5.41) is 3.05. The van der Waals surface area contributed by atoms with E-state index in [1.807, 2.05) is 20.0 Å². The topological polar surface area (TPSA) is 58.2 Å². The molecule has 21 heavy (non-hydrogen) atoms. The minimum absolute atomic E-state index is 0.0566. The first-order chi connectivity index (χ1) is 9.85. The molecule has 0 radical (unpaired) electrons. The number of benzene rings is 1. The van der Waals surface area contributed by atoms with Crippen LogP contribution in [-0.4, -0.2) is 21.5 Å². The van der Waals surface area contributed by atoms with Gasteiger partial charge in [0.15, 0.2) is 0 Å². The Morgan fingerprint density at radius 2 is 2.05 bits per heavy atom. The van der Waals surface area contributed by atoms with Gasteiger partial charge < -0.3 is 5.32 Å². The van der Waals surface area contributed by atoms with E-state index < -0.39 is 10.0 Å². The zero-order valence-corrected chi connectivity index (χ0v) is 15.1. The second kappa shape index (κ2) is 6.77. The highest BCUT2D eigenvalue weighted by atomic mass is 79.9. The van der Waals surface area contributed by atoms with Crippen LogP contribution >= 0.6 is 15.9 Å². The van der Waals surface area contributed by atoms with Gasteiger partial charge in [-0.2, -0.15) is 0 Å². The van der Waals surface area contributed by atoms with Crippen LogP contribution in [0.1, 0.15) is 37.3 Å².